The predicted molar refractivity (Wildman–Crippen MR) is 126 cm³/mol. The minimum absolute atomic E-state index is 0.141. The van der Waals surface area contributed by atoms with Gasteiger partial charge in [-0.2, -0.15) is 0 Å². The van der Waals surface area contributed by atoms with Crippen molar-refractivity contribution in [1.82, 2.24) is 4.90 Å². The van der Waals surface area contributed by atoms with Crippen molar-refractivity contribution in [3.05, 3.63) is 89.5 Å². The quantitative estimate of drug-likeness (QED) is 0.375. The number of nitrogens with zero attached hydrogens (tertiary/aromatic N) is 1. The van der Waals surface area contributed by atoms with Gasteiger partial charge in [0.2, 0.25) is 0 Å². The number of hydrogen-bond acceptors (Lipinski definition) is 4. The summed E-state index contributed by atoms with van der Waals surface area (Å²) >= 11 is 3.49. The first-order chi connectivity index (χ1) is 14.5. The van der Waals surface area contributed by atoms with Gasteiger partial charge in [0.25, 0.3) is 0 Å². The smallest absolute Gasteiger partial charge is 0.304 e. The third kappa shape index (κ3) is 7.24. The number of carbonyl (C=O) groups is 1. The van der Waals surface area contributed by atoms with E-state index >= 15 is 0 Å². The Bertz CT molecular complexity index is 973. The number of hydrogen-bond donors (Lipinski definition) is 1. The zero-order valence-corrected chi connectivity index (χ0v) is 19.0. The molecule has 0 aromatic heterocycles. The van der Waals surface area contributed by atoms with E-state index in [-0.39, 0.29) is 6.42 Å². The molecule has 0 unspecified atom stereocenters. The molecule has 156 valence electrons. The average Bonchev–Trinajstić information content (AvgIpc) is 2.73. The van der Waals surface area contributed by atoms with Crippen molar-refractivity contribution in [2.24, 2.45) is 0 Å². The first-order valence-corrected chi connectivity index (χ1v) is 12.0. The number of carboxylic acids is 1. The van der Waals surface area contributed by atoms with Crippen LogP contribution in [0.2, 0.25) is 0 Å². The largest absolute Gasteiger partial charge is 0.481 e. The zero-order valence-electron chi connectivity index (χ0n) is 17.4. The minimum atomic E-state index is -0.762. The molecule has 0 saturated heterocycles. The Hall–Kier alpha value is -2.21. The van der Waals surface area contributed by atoms with Gasteiger partial charge in [-0.1, -0.05) is 53.7 Å². The molecule has 0 bridgehead atoms. The van der Waals surface area contributed by atoms with Crippen molar-refractivity contribution in [2.75, 3.05) is 12.8 Å². The third-order valence-electron chi connectivity index (χ3n) is 4.73. The molecule has 0 aliphatic rings. The van der Waals surface area contributed by atoms with Crippen LogP contribution in [-0.2, 0) is 17.9 Å². The van der Waals surface area contributed by atoms with Crippen molar-refractivity contribution in [3.63, 3.8) is 0 Å². The van der Waals surface area contributed by atoms with Crippen LogP contribution < -0.4 is 0 Å². The molecule has 3 aromatic rings. The SMILES string of the molecule is CSc1ccc(Sc2cccc(CN(CCC(=O)O)Cc3cccc(C)c3)c2)cc1. The lowest BCUT2D eigenvalue weighted by Gasteiger charge is -2.22. The Morgan fingerprint density at radius 3 is 2.13 bits per heavy atom. The van der Waals surface area contributed by atoms with E-state index in [0.29, 0.717) is 6.54 Å². The summed E-state index contributed by atoms with van der Waals surface area (Å²) in [7, 11) is 0. The molecule has 30 heavy (non-hydrogen) atoms. The average molecular weight is 438 g/mol. The number of benzene rings is 3. The fourth-order valence-corrected chi connectivity index (χ4v) is 4.59. The van der Waals surface area contributed by atoms with Crippen molar-refractivity contribution in [1.29, 1.82) is 0 Å². The van der Waals surface area contributed by atoms with Crippen LogP contribution in [0.15, 0.2) is 87.5 Å². The molecule has 0 amide bonds. The second-order valence-electron chi connectivity index (χ2n) is 7.27. The van der Waals surface area contributed by atoms with Crippen LogP contribution in [0, 0.1) is 6.92 Å². The third-order valence-corrected chi connectivity index (χ3v) is 6.47. The van der Waals surface area contributed by atoms with Gasteiger partial charge in [-0.3, -0.25) is 9.69 Å². The van der Waals surface area contributed by atoms with Crippen molar-refractivity contribution in [3.8, 4) is 0 Å². The maximum atomic E-state index is 11.1. The molecular weight excluding hydrogens is 410 g/mol. The molecule has 3 nitrogen and oxygen atoms in total. The van der Waals surface area contributed by atoms with Crippen LogP contribution >= 0.6 is 23.5 Å². The molecule has 0 heterocycles. The van der Waals surface area contributed by atoms with E-state index in [9.17, 15) is 4.79 Å². The summed E-state index contributed by atoms with van der Waals surface area (Å²) < 4.78 is 0. The van der Waals surface area contributed by atoms with Crippen LogP contribution in [0.5, 0.6) is 0 Å². The van der Waals surface area contributed by atoms with Crippen LogP contribution in [0.4, 0.5) is 0 Å². The monoisotopic (exact) mass is 437 g/mol. The molecule has 3 rings (SSSR count). The summed E-state index contributed by atoms with van der Waals surface area (Å²) in [6, 6.07) is 25.5. The minimum Gasteiger partial charge on any atom is -0.481 e. The Balaban J connectivity index is 1.71. The highest BCUT2D eigenvalue weighted by atomic mass is 32.2. The Labute approximate surface area is 187 Å². The van der Waals surface area contributed by atoms with Gasteiger partial charge in [0.1, 0.15) is 0 Å². The highest BCUT2D eigenvalue weighted by Gasteiger charge is 2.11. The summed E-state index contributed by atoms with van der Waals surface area (Å²) in [5, 5.41) is 9.15. The summed E-state index contributed by atoms with van der Waals surface area (Å²) in [4.78, 5) is 17.0. The molecule has 3 aromatic carbocycles. The van der Waals surface area contributed by atoms with Crippen molar-refractivity contribution in [2.45, 2.75) is 41.1 Å². The molecule has 1 N–H and O–H groups in total. The number of aryl methyl sites for hydroxylation is 1. The van der Waals surface area contributed by atoms with Gasteiger partial charge in [-0.15, -0.1) is 11.8 Å². The molecule has 0 spiro atoms. The molecule has 0 fully saturated rings. The van der Waals surface area contributed by atoms with Crippen LogP contribution in [0.1, 0.15) is 23.1 Å². The van der Waals surface area contributed by atoms with E-state index in [4.69, 9.17) is 5.11 Å². The zero-order chi connectivity index (χ0) is 21.3. The van der Waals surface area contributed by atoms with Gasteiger partial charge in [-0.05, 0) is 60.7 Å². The lowest BCUT2D eigenvalue weighted by molar-refractivity contribution is -0.137. The predicted octanol–water partition coefficient (Wildman–Crippen LogP) is 6.35. The summed E-state index contributed by atoms with van der Waals surface area (Å²) in [5.74, 6) is -0.762. The standard InChI is InChI=1S/C25H27NO2S2/c1-19-5-3-6-20(15-19)17-26(14-13-25(27)28)18-21-7-4-8-24(16-21)30-23-11-9-22(29-2)10-12-23/h3-12,15-16H,13-14,17-18H2,1-2H3,(H,27,28). The molecule has 0 radical (unpaired) electrons. The van der Waals surface area contributed by atoms with Gasteiger partial charge >= 0.3 is 5.97 Å². The van der Waals surface area contributed by atoms with Crippen molar-refractivity contribution >= 4 is 29.5 Å². The maximum absolute atomic E-state index is 11.1. The van der Waals surface area contributed by atoms with Gasteiger partial charge in [0.05, 0.1) is 6.42 Å². The lowest BCUT2D eigenvalue weighted by Crippen LogP contribution is -2.25. The molecule has 0 aliphatic heterocycles. The van der Waals surface area contributed by atoms with Gasteiger partial charge < -0.3 is 5.11 Å². The van der Waals surface area contributed by atoms with Crippen LogP contribution in [-0.4, -0.2) is 28.8 Å². The number of thioether (sulfide) groups is 1. The lowest BCUT2D eigenvalue weighted by atomic mass is 10.1. The topological polar surface area (TPSA) is 40.5 Å². The molecule has 0 atom stereocenters. The second kappa shape index (κ2) is 11.3. The van der Waals surface area contributed by atoms with E-state index in [1.165, 1.54) is 31.4 Å². The fraction of sp³-hybridized carbons (Fsp3) is 0.240. The Morgan fingerprint density at radius 1 is 0.867 bits per heavy atom. The van der Waals surface area contributed by atoms with E-state index in [2.05, 4.69) is 90.9 Å². The number of aliphatic carboxylic acids is 1. The Morgan fingerprint density at radius 2 is 1.50 bits per heavy atom. The molecule has 5 heteroatoms. The van der Waals surface area contributed by atoms with Crippen LogP contribution in [0.25, 0.3) is 0 Å². The molecule has 0 aliphatic carbocycles. The Kier molecular flexibility index (Phi) is 8.43. The first kappa shape index (κ1) is 22.5. The van der Waals surface area contributed by atoms with Gasteiger partial charge in [0.15, 0.2) is 0 Å². The van der Waals surface area contributed by atoms with E-state index < -0.39 is 5.97 Å². The van der Waals surface area contributed by atoms with E-state index in [0.717, 1.165) is 13.1 Å². The second-order valence-corrected chi connectivity index (χ2v) is 9.30. The molecule has 0 saturated carbocycles. The summed E-state index contributed by atoms with van der Waals surface area (Å²) in [5.41, 5.74) is 3.62. The normalized spacial score (nSPS) is 11.0. The van der Waals surface area contributed by atoms with Crippen LogP contribution in [0.3, 0.4) is 0 Å². The van der Waals surface area contributed by atoms with E-state index in [1.807, 2.05) is 0 Å². The van der Waals surface area contributed by atoms with Crippen molar-refractivity contribution < 1.29 is 9.90 Å². The fourth-order valence-electron chi connectivity index (χ4n) is 3.28. The van der Waals surface area contributed by atoms with Gasteiger partial charge in [-0.25, -0.2) is 0 Å². The van der Waals surface area contributed by atoms with Gasteiger partial charge in [0, 0.05) is 34.3 Å². The molecular formula is C25H27NO2S2. The summed E-state index contributed by atoms with van der Waals surface area (Å²) in [6.45, 7) is 4.07. The summed E-state index contributed by atoms with van der Waals surface area (Å²) in [6.07, 6.45) is 2.22. The number of rotatable bonds is 10. The number of carboxylic acid groups (broad SMARTS) is 1. The first-order valence-electron chi connectivity index (χ1n) is 9.92. The van der Waals surface area contributed by atoms with E-state index in [1.54, 1.807) is 23.5 Å². The highest BCUT2D eigenvalue weighted by Crippen LogP contribution is 2.30. The highest BCUT2D eigenvalue weighted by molar-refractivity contribution is 7.99. The maximum Gasteiger partial charge on any atom is 0.304 e.